The normalized spacial score (nSPS) is 24.1. The van der Waals surface area contributed by atoms with E-state index in [4.69, 9.17) is 0 Å². The molecule has 2 aromatic carbocycles. The van der Waals surface area contributed by atoms with Gasteiger partial charge in [-0.15, -0.1) is 6.58 Å². The summed E-state index contributed by atoms with van der Waals surface area (Å²) in [7, 11) is 0. The van der Waals surface area contributed by atoms with Crippen LogP contribution < -0.4 is 0 Å². The van der Waals surface area contributed by atoms with E-state index in [0.29, 0.717) is 41.9 Å². The van der Waals surface area contributed by atoms with Crippen LogP contribution in [-0.2, 0) is 12.8 Å². The van der Waals surface area contributed by atoms with E-state index in [1.54, 1.807) is 18.2 Å². The zero-order valence-corrected chi connectivity index (χ0v) is 24.3. The molecule has 0 amide bonds. The van der Waals surface area contributed by atoms with Crippen molar-refractivity contribution in [3.8, 4) is 11.1 Å². The van der Waals surface area contributed by atoms with Crippen molar-refractivity contribution in [2.24, 2.45) is 17.8 Å². The van der Waals surface area contributed by atoms with Gasteiger partial charge in [-0.2, -0.15) is 0 Å². The Morgan fingerprint density at radius 1 is 0.700 bits per heavy atom. The fourth-order valence-corrected chi connectivity index (χ4v) is 7.92. The maximum Gasteiger partial charge on any atom is 0.167 e. The first-order chi connectivity index (χ1) is 19.4. The van der Waals surface area contributed by atoms with Crippen molar-refractivity contribution < 1.29 is 17.6 Å². The van der Waals surface area contributed by atoms with E-state index in [0.717, 1.165) is 37.5 Å². The number of benzene rings is 2. The van der Waals surface area contributed by atoms with Gasteiger partial charge in [0.25, 0.3) is 0 Å². The summed E-state index contributed by atoms with van der Waals surface area (Å²) >= 11 is 0. The number of allylic oxidation sites excluding steroid dienone is 1. The Bertz CT molecular complexity index is 1180. The van der Waals surface area contributed by atoms with Gasteiger partial charge >= 0.3 is 0 Å². The van der Waals surface area contributed by atoms with Crippen LogP contribution in [0.5, 0.6) is 0 Å². The Labute approximate surface area is 238 Å². The minimum absolute atomic E-state index is 0.0111. The number of rotatable bonds is 11. The van der Waals surface area contributed by atoms with Crippen molar-refractivity contribution >= 4 is 0 Å². The number of unbranched alkanes of at least 4 members (excludes halogenated alkanes) is 2. The van der Waals surface area contributed by atoms with Crippen molar-refractivity contribution in [1.82, 2.24) is 0 Å². The maximum absolute atomic E-state index is 15.5. The van der Waals surface area contributed by atoms with Crippen LogP contribution in [0.15, 0.2) is 24.8 Å². The molecule has 0 saturated heterocycles. The summed E-state index contributed by atoms with van der Waals surface area (Å²) in [6, 6.07) is 3.37. The summed E-state index contributed by atoms with van der Waals surface area (Å²) in [4.78, 5) is 0. The quantitative estimate of drug-likeness (QED) is 0.126. The molecule has 0 aromatic heterocycles. The minimum atomic E-state index is -1.06. The maximum atomic E-state index is 15.5. The monoisotopic (exact) mass is 554 g/mol. The first-order valence-electron chi connectivity index (χ1n) is 16.0. The van der Waals surface area contributed by atoms with Crippen LogP contribution in [0.4, 0.5) is 17.6 Å². The van der Waals surface area contributed by atoms with Crippen LogP contribution in [-0.4, -0.2) is 0 Å². The second-order valence-corrected chi connectivity index (χ2v) is 13.0. The SMILES string of the molecule is C=CCCc1cc2c(c(F)c1F)-c1c(cc(C3CCC(CCC4CCC(CCCCC)CC4)CC3)c(F)c1F)C2. The molecule has 218 valence electrons. The third-order valence-corrected chi connectivity index (χ3v) is 10.4. The predicted molar refractivity (Wildman–Crippen MR) is 157 cm³/mol. The number of halogens is 4. The van der Waals surface area contributed by atoms with Gasteiger partial charge in [0.05, 0.1) is 0 Å². The molecule has 2 aromatic rings. The highest BCUT2D eigenvalue weighted by Crippen LogP contribution is 2.47. The Morgan fingerprint density at radius 2 is 1.25 bits per heavy atom. The van der Waals surface area contributed by atoms with Crippen LogP contribution in [0.1, 0.15) is 131 Å². The van der Waals surface area contributed by atoms with Crippen molar-refractivity contribution in [2.45, 2.75) is 122 Å². The average Bonchev–Trinajstić information content (AvgIpc) is 3.34. The lowest BCUT2D eigenvalue weighted by Gasteiger charge is -2.32. The van der Waals surface area contributed by atoms with Gasteiger partial charge < -0.3 is 0 Å². The molecule has 0 spiro atoms. The molecule has 0 aliphatic heterocycles. The predicted octanol–water partition coefficient (Wildman–Crippen LogP) is 11.4. The average molecular weight is 555 g/mol. The summed E-state index contributed by atoms with van der Waals surface area (Å²) in [5.41, 5.74) is 1.63. The lowest BCUT2D eigenvalue weighted by atomic mass is 9.73. The van der Waals surface area contributed by atoms with E-state index in [2.05, 4.69) is 13.5 Å². The standard InChI is InChI=1S/C36H46F4/c1-3-5-7-8-23-10-12-24(13-11-23)14-15-25-16-18-26(19-17-25)30-22-29-21-28-20-27(9-6-4-2)33(37)35(39)31(28)32(29)36(40)34(30)38/h4,20,22-26H,2-3,5-19,21H2,1H3. The molecular formula is C36H46F4. The highest BCUT2D eigenvalue weighted by molar-refractivity contribution is 5.79. The Kier molecular flexibility index (Phi) is 9.74. The molecule has 2 fully saturated rings. The van der Waals surface area contributed by atoms with E-state index in [1.165, 1.54) is 64.2 Å². The van der Waals surface area contributed by atoms with Gasteiger partial charge in [0.2, 0.25) is 0 Å². The van der Waals surface area contributed by atoms with Crippen LogP contribution >= 0.6 is 0 Å². The summed E-state index contributed by atoms with van der Waals surface area (Å²) in [6.07, 6.45) is 20.3. The highest BCUT2D eigenvalue weighted by Gasteiger charge is 2.34. The summed E-state index contributed by atoms with van der Waals surface area (Å²) in [5.74, 6) is -1.44. The topological polar surface area (TPSA) is 0 Å². The molecule has 5 rings (SSSR count). The van der Waals surface area contributed by atoms with Crippen LogP contribution in [0.3, 0.4) is 0 Å². The van der Waals surface area contributed by atoms with E-state index in [9.17, 15) is 4.39 Å². The Hall–Kier alpha value is -2.10. The van der Waals surface area contributed by atoms with Crippen molar-refractivity contribution in [3.63, 3.8) is 0 Å². The van der Waals surface area contributed by atoms with Gasteiger partial charge in [-0.05, 0) is 90.9 Å². The number of hydrogen-bond donors (Lipinski definition) is 0. The van der Waals surface area contributed by atoms with Crippen molar-refractivity contribution in [3.05, 3.63) is 70.3 Å². The second kappa shape index (κ2) is 13.3. The molecule has 4 heteroatoms. The van der Waals surface area contributed by atoms with E-state index >= 15 is 13.2 Å². The number of aryl methyl sites for hydroxylation is 1. The molecule has 3 aliphatic rings. The smallest absolute Gasteiger partial charge is 0.167 e. The van der Waals surface area contributed by atoms with Gasteiger partial charge in [-0.1, -0.05) is 89.3 Å². The Morgan fingerprint density at radius 3 is 1.85 bits per heavy atom. The zero-order valence-electron chi connectivity index (χ0n) is 24.3. The lowest BCUT2D eigenvalue weighted by Crippen LogP contribution is -2.18. The molecule has 2 saturated carbocycles. The van der Waals surface area contributed by atoms with Crippen molar-refractivity contribution in [2.75, 3.05) is 0 Å². The van der Waals surface area contributed by atoms with Gasteiger partial charge in [0.1, 0.15) is 0 Å². The summed E-state index contributed by atoms with van der Waals surface area (Å²) in [6.45, 7) is 5.92. The molecule has 40 heavy (non-hydrogen) atoms. The molecule has 3 aliphatic carbocycles. The van der Waals surface area contributed by atoms with E-state index < -0.39 is 23.3 Å². The first kappa shape index (κ1) is 29.4. The second-order valence-electron chi connectivity index (χ2n) is 13.0. The van der Waals surface area contributed by atoms with Gasteiger partial charge in [0, 0.05) is 11.1 Å². The van der Waals surface area contributed by atoms with Crippen LogP contribution in [0, 0.1) is 41.0 Å². The summed E-state index contributed by atoms with van der Waals surface area (Å²) in [5, 5.41) is 0. The van der Waals surface area contributed by atoms with Crippen LogP contribution in [0.2, 0.25) is 0 Å². The molecule has 0 radical (unpaired) electrons. The first-order valence-corrected chi connectivity index (χ1v) is 16.0. The van der Waals surface area contributed by atoms with E-state index in [-0.39, 0.29) is 22.6 Å². The molecule has 0 bridgehead atoms. The van der Waals surface area contributed by atoms with Gasteiger partial charge in [-0.25, -0.2) is 17.6 Å². The third-order valence-electron chi connectivity index (χ3n) is 10.4. The third kappa shape index (κ3) is 6.21. The molecule has 0 unspecified atom stereocenters. The lowest BCUT2D eigenvalue weighted by molar-refractivity contribution is 0.221. The minimum Gasteiger partial charge on any atom is -0.203 e. The van der Waals surface area contributed by atoms with Gasteiger partial charge in [0.15, 0.2) is 23.3 Å². The van der Waals surface area contributed by atoms with Crippen molar-refractivity contribution in [1.29, 1.82) is 0 Å². The number of hydrogen-bond acceptors (Lipinski definition) is 0. The summed E-state index contributed by atoms with van der Waals surface area (Å²) < 4.78 is 60.7. The number of fused-ring (bicyclic) bond motifs is 3. The largest absolute Gasteiger partial charge is 0.203 e. The van der Waals surface area contributed by atoms with E-state index in [1.807, 2.05) is 0 Å². The fraction of sp³-hybridized carbons (Fsp3) is 0.611. The molecule has 0 heterocycles. The highest BCUT2D eigenvalue weighted by atomic mass is 19.2. The molecule has 0 nitrogen and oxygen atoms in total. The fourth-order valence-electron chi connectivity index (χ4n) is 7.92. The molecular weight excluding hydrogens is 508 g/mol. The molecule has 0 atom stereocenters. The van der Waals surface area contributed by atoms with Crippen LogP contribution in [0.25, 0.3) is 11.1 Å². The zero-order chi connectivity index (χ0) is 28.2. The Balaban J connectivity index is 1.18. The van der Waals surface area contributed by atoms with Gasteiger partial charge in [-0.3, -0.25) is 0 Å². The molecule has 0 N–H and O–H groups in total.